The van der Waals surface area contributed by atoms with Gasteiger partial charge >= 0.3 is 0 Å². The van der Waals surface area contributed by atoms with Crippen LogP contribution in [0.1, 0.15) is 43.0 Å². The Hall–Kier alpha value is -3.57. The number of para-hydroxylation sites is 1. The first kappa shape index (κ1) is 23.1. The van der Waals surface area contributed by atoms with Crippen LogP contribution in [-0.2, 0) is 17.8 Å². The maximum Gasteiger partial charge on any atom is 0.290 e. The maximum atomic E-state index is 8.36. The van der Waals surface area contributed by atoms with Gasteiger partial charge in [-0.2, -0.15) is 0 Å². The number of benzene rings is 3. The van der Waals surface area contributed by atoms with Gasteiger partial charge in [0, 0.05) is 17.0 Å². The van der Waals surface area contributed by atoms with Crippen molar-refractivity contribution in [2.24, 2.45) is 5.73 Å². The normalized spacial score (nSPS) is 11.5. The van der Waals surface area contributed by atoms with Gasteiger partial charge in [-0.15, -0.1) is 0 Å². The molecule has 1 atom stereocenters. The molecule has 0 aliphatic carbocycles. The zero-order chi connectivity index (χ0) is 22.9. The van der Waals surface area contributed by atoms with Crippen molar-refractivity contribution >= 4 is 17.4 Å². The second kappa shape index (κ2) is 11.2. The molecule has 0 saturated carbocycles. The minimum Gasteiger partial charge on any atom is -0.489 e. The second-order valence-corrected chi connectivity index (χ2v) is 7.48. The van der Waals surface area contributed by atoms with E-state index in [-0.39, 0.29) is 12.5 Å². The number of furan rings is 1. The van der Waals surface area contributed by atoms with Crippen molar-refractivity contribution in [3.63, 3.8) is 0 Å². The van der Waals surface area contributed by atoms with Crippen LogP contribution in [-0.4, -0.2) is 11.6 Å². The first-order chi connectivity index (χ1) is 15.6. The van der Waals surface area contributed by atoms with Crippen LogP contribution in [0.5, 0.6) is 5.75 Å². The largest absolute Gasteiger partial charge is 0.489 e. The van der Waals surface area contributed by atoms with Gasteiger partial charge in [0.1, 0.15) is 17.9 Å². The van der Waals surface area contributed by atoms with Crippen LogP contribution in [0, 0.1) is 0 Å². The fourth-order valence-electron chi connectivity index (χ4n) is 3.71. The minimum absolute atomic E-state index is 0.0408. The monoisotopic (exact) mass is 431 g/mol. The molecule has 4 rings (SSSR count). The molecule has 166 valence electrons. The topological polar surface area (TPSA) is 85.7 Å². The zero-order valence-electron chi connectivity index (χ0n) is 18.5. The molecule has 0 bridgehead atoms. The molecule has 0 fully saturated rings. The van der Waals surface area contributed by atoms with E-state index in [4.69, 9.17) is 24.8 Å². The smallest absolute Gasteiger partial charge is 0.290 e. The second-order valence-electron chi connectivity index (χ2n) is 7.48. The highest BCUT2D eigenvalue weighted by Gasteiger charge is 2.12. The van der Waals surface area contributed by atoms with Crippen molar-refractivity contribution in [2.75, 3.05) is 0 Å². The summed E-state index contributed by atoms with van der Waals surface area (Å²) in [5, 5.41) is 7.97. The van der Waals surface area contributed by atoms with Crippen LogP contribution in [0.3, 0.4) is 0 Å². The summed E-state index contributed by atoms with van der Waals surface area (Å²) in [6, 6.07) is 23.0. The Morgan fingerprint density at radius 1 is 1.06 bits per heavy atom. The molecule has 1 unspecified atom stereocenters. The molecular weight excluding hydrogens is 402 g/mol. The number of aryl methyl sites for hydroxylation is 1. The van der Waals surface area contributed by atoms with Gasteiger partial charge in [-0.1, -0.05) is 50.2 Å². The number of rotatable bonds is 7. The molecule has 0 aliphatic rings. The summed E-state index contributed by atoms with van der Waals surface area (Å²) in [5.41, 5.74) is 12.8. The Balaban J connectivity index is 0.000000913. The zero-order valence-corrected chi connectivity index (χ0v) is 18.5. The number of hydrogen-bond donors (Lipinski definition) is 2. The first-order valence-corrected chi connectivity index (χ1v) is 10.8. The molecule has 5 nitrogen and oxygen atoms in total. The predicted octanol–water partition coefficient (Wildman–Crippen LogP) is 6.35. The minimum atomic E-state index is -0.250. The van der Waals surface area contributed by atoms with Crippen molar-refractivity contribution < 1.29 is 19.1 Å². The Labute approximate surface area is 188 Å². The molecule has 1 aromatic heterocycles. The lowest BCUT2D eigenvalue weighted by atomic mass is 9.96. The predicted molar refractivity (Wildman–Crippen MR) is 128 cm³/mol. The fraction of sp³-hybridized carbons (Fsp3) is 0.222. The van der Waals surface area contributed by atoms with Gasteiger partial charge in [-0.3, -0.25) is 4.79 Å². The molecule has 0 amide bonds. The molecular formula is C27H29NO4. The maximum absolute atomic E-state index is 8.36. The van der Waals surface area contributed by atoms with E-state index < -0.39 is 0 Å². The summed E-state index contributed by atoms with van der Waals surface area (Å²) >= 11 is 0. The van der Waals surface area contributed by atoms with E-state index >= 15 is 0 Å². The fourth-order valence-corrected chi connectivity index (χ4v) is 3.71. The standard InChI is InChI=1S/C26H27NO2.CH2O2/c1-3-19-8-5-6-11-25(19)29-17-18-14-22-12-13-28-26(22)23(15-18)20-9-7-10-21(16-20)24(27)4-2;2-1-3/h5-16,24H,3-4,17,27H2,1-2H3;1H,(H,2,3). The summed E-state index contributed by atoms with van der Waals surface area (Å²) in [7, 11) is 0. The Morgan fingerprint density at radius 2 is 1.84 bits per heavy atom. The summed E-state index contributed by atoms with van der Waals surface area (Å²) in [6.45, 7) is 4.51. The van der Waals surface area contributed by atoms with E-state index in [0.29, 0.717) is 6.61 Å². The molecule has 0 aliphatic heterocycles. The number of fused-ring (bicyclic) bond motifs is 1. The van der Waals surface area contributed by atoms with Crippen LogP contribution < -0.4 is 10.5 Å². The Bertz CT molecular complexity index is 1170. The highest BCUT2D eigenvalue weighted by atomic mass is 16.5. The highest BCUT2D eigenvalue weighted by Crippen LogP contribution is 2.33. The number of nitrogens with two attached hydrogens (primary N) is 1. The van der Waals surface area contributed by atoms with Crippen molar-refractivity contribution in [2.45, 2.75) is 39.3 Å². The quantitative estimate of drug-likeness (QED) is 0.333. The van der Waals surface area contributed by atoms with Gasteiger partial charge in [-0.05, 0) is 65.4 Å². The van der Waals surface area contributed by atoms with Gasteiger partial charge < -0.3 is 20.0 Å². The number of hydrogen-bond acceptors (Lipinski definition) is 4. The highest BCUT2D eigenvalue weighted by molar-refractivity contribution is 5.93. The third-order valence-corrected chi connectivity index (χ3v) is 5.42. The lowest BCUT2D eigenvalue weighted by Crippen LogP contribution is -2.08. The number of carboxylic acid groups (broad SMARTS) is 1. The van der Waals surface area contributed by atoms with E-state index in [0.717, 1.165) is 51.8 Å². The summed E-state index contributed by atoms with van der Waals surface area (Å²) in [5.74, 6) is 0.944. The molecule has 1 heterocycles. The van der Waals surface area contributed by atoms with E-state index in [1.807, 2.05) is 18.2 Å². The lowest BCUT2D eigenvalue weighted by molar-refractivity contribution is -0.122. The summed E-state index contributed by atoms with van der Waals surface area (Å²) < 4.78 is 12.0. The molecule has 0 radical (unpaired) electrons. The van der Waals surface area contributed by atoms with Gasteiger partial charge in [0.15, 0.2) is 0 Å². The Morgan fingerprint density at radius 3 is 2.59 bits per heavy atom. The molecule has 3 N–H and O–H groups in total. The summed E-state index contributed by atoms with van der Waals surface area (Å²) in [4.78, 5) is 8.36. The van der Waals surface area contributed by atoms with Crippen LogP contribution in [0.15, 0.2) is 77.4 Å². The molecule has 3 aromatic carbocycles. The third kappa shape index (κ3) is 5.37. The van der Waals surface area contributed by atoms with E-state index in [1.54, 1.807) is 6.26 Å². The molecule has 4 aromatic rings. The van der Waals surface area contributed by atoms with Crippen LogP contribution >= 0.6 is 0 Å². The van der Waals surface area contributed by atoms with Crippen molar-refractivity contribution in [3.8, 4) is 16.9 Å². The van der Waals surface area contributed by atoms with E-state index in [1.165, 1.54) is 5.56 Å². The van der Waals surface area contributed by atoms with Gasteiger partial charge in [0.05, 0.1) is 6.26 Å². The number of carbonyl (C=O) groups is 1. The first-order valence-electron chi connectivity index (χ1n) is 10.8. The lowest BCUT2D eigenvalue weighted by Gasteiger charge is -2.13. The third-order valence-electron chi connectivity index (χ3n) is 5.42. The van der Waals surface area contributed by atoms with Crippen molar-refractivity contribution in [1.29, 1.82) is 0 Å². The van der Waals surface area contributed by atoms with Gasteiger partial charge in [-0.25, -0.2) is 0 Å². The van der Waals surface area contributed by atoms with Crippen molar-refractivity contribution in [3.05, 3.63) is 89.7 Å². The average Bonchev–Trinajstić information content (AvgIpc) is 3.31. The molecule has 0 spiro atoms. The molecule has 5 heteroatoms. The van der Waals surface area contributed by atoms with Gasteiger partial charge in [0.25, 0.3) is 6.47 Å². The van der Waals surface area contributed by atoms with E-state index in [9.17, 15) is 0 Å². The van der Waals surface area contributed by atoms with Crippen LogP contribution in [0.2, 0.25) is 0 Å². The summed E-state index contributed by atoms with van der Waals surface area (Å²) in [6.07, 6.45) is 3.60. The molecule has 0 saturated heterocycles. The van der Waals surface area contributed by atoms with Crippen molar-refractivity contribution in [1.82, 2.24) is 0 Å². The van der Waals surface area contributed by atoms with E-state index in [2.05, 4.69) is 62.4 Å². The van der Waals surface area contributed by atoms with Crippen LogP contribution in [0.25, 0.3) is 22.1 Å². The van der Waals surface area contributed by atoms with Crippen LogP contribution in [0.4, 0.5) is 0 Å². The van der Waals surface area contributed by atoms with Gasteiger partial charge in [0.2, 0.25) is 0 Å². The Kier molecular flexibility index (Phi) is 8.06. The average molecular weight is 432 g/mol. The SMILES string of the molecule is CCc1ccccc1OCc1cc(-c2cccc(C(N)CC)c2)c2occc2c1.O=CO. The number of ether oxygens (including phenoxy) is 1. The molecule has 32 heavy (non-hydrogen) atoms.